The Morgan fingerprint density at radius 3 is 2.17 bits per heavy atom. The van der Waals surface area contributed by atoms with E-state index in [2.05, 4.69) is 179 Å². The minimum atomic E-state index is -0.00762. The van der Waals surface area contributed by atoms with E-state index < -0.39 is 0 Å². The van der Waals surface area contributed by atoms with Crippen LogP contribution in [0, 0.1) is 32.6 Å². The molecule has 6 heteroatoms. The number of fused-ring (bicyclic) bond motifs is 7. The summed E-state index contributed by atoms with van der Waals surface area (Å²) in [5, 5.41) is 2.26. The van der Waals surface area contributed by atoms with Crippen LogP contribution in [-0.2, 0) is 26.5 Å². The van der Waals surface area contributed by atoms with E-state index in [1.807, 2.05) is 18.3 Å². The van der Waals surface area contributed by atoms with Crippen molar-refractivity contribution in [3.8, 4) is 28.4 Å². The molecule has 0 spiro atoms. The Kier molecular flexibility index (Phi) is 7.88. The molecule has 5 nitrogen and oxygen atoms in total. The number of benzene rings is 6. The average Bonchev–Trinajstić information content (AvgIpc) is 3.65. The summed E-state index contributed by atoms with van der Waals surface area (Å²) in [6.45, 7) is 13.5. The number of ether oxygens (including phenoxy) is 1. The van der Waals surface area contributed by atoms with E-state index in [0.717, 1.165) is 33.3 Å². The minimum Gasteiger partial charge on any atom is -0.509 e. The second kappa shape index (κ2) is 12.4. The Bertz CT molecular complexity index is 2760. The Balaban J connectivity index is 0.00000384. The topological polar surface area (TPSA) is 27.1 Å². The molecule has 2 atom stereocenters. The van der Waals surface area contributed by atoms with Crippen molar-refractivity contribution >= 4 is 44.6 Å². The Hall–Kier alpha value is -5.32. The van der Waals surface area contributed by atoms with Crippen LogP contribution in [0.15, 0.2) is 140 Å². The van der Waals surface area contributed by atoms with Gasteiger partial charge in [-0.2, -0.15) is 16.7 Å². The molecule has 1 fully saturated rings. The number of hydrogen-bond donors (Lipinski definition) is 0. The number of aryl methyl sites for hydroxylation is 2. The third kappa shape index (κ3) is 4.92. The molecule has 0 aliphatic carbocycles. The summed E-state index contributed by atoms with van der Waals surface area (Å²) in [4.78, 5) is 4.84. The summed E-state index contributed by atoms with van der Waals surface area (Å²) >= 11 is 0. The van der Waals surface area contributed by atoms with Crippen molar-refractivity contribution < 1.29 is 25.8 Å². The zero-order chi connectivity index (χ0) is 36.1. The Morgan fingerprint density at radius 2 is 1.37 bits per heavy atom. The van der Waals surface area contributed by atoms with Crippen molar-refractivity contribution in [2.24, 2.45) is 0 Å². The molecule has 1 unspecified atom stereocenters. The maximum atomic E-state index is 6.63. The van der Waals surface area contributed by atoms with Gasteiger partial charge in [0.1, 0.15) is 5.82 Å². The SMILES string of the molecule is Cc1cccc(C)c1-c1cccc([N@+]23[CH-][N+]2(c2[c-]c(Oc4[c-]c5c(cc4)c4ccccc4n5-c4cc(C(C)(C)C)ccn4)ccc2)c2ccccc23)c1.[Pt]. The molecule has 0 saturated carbocycles. The molecule has 268 valence electrons. The third-order valence-electron chi connectivity index (χ3n) is 11.1. The Labute approximate surface area is 331 Å². The van der Waals surface area contributed by atoms with Crippen molar-refractivity contribution in [2.75, 3.05) is 0 Å². The van der Waals surface area contributed by atoms with Gasteiger partial charge in [0.05, 0.1) is 5.69 Å². The van der Waals surface area contributed by atoms with Crippen LogP contribution in [0.1, 0.15) is 37.5 Å². The normalized spacial score (nSPS) is 18.4. The largest absolute Gasteiger partial charge is 0.509 e. The fourth-order valence-electron chi connectivity index (χ4n) is 8.56. The summed E-state index contributed by atoms with van der Waals surface area (Å²) < 4.78 is 9.99. The van der Waals surface area contributed by atoms with E-state index in [9.17, 15) is 0 Å². The van der Waals surface area contributed by atoms with E-state index in [4.69, 9.17) is 9.72 Å². The molecular weight excluding hydrogens is 844 g/mol. The van der Waals surface area contributed by atoms with Gasteiger partial charge in [-0.25, -0.2) is 9.58 Å². The van der Waals surface area contributed by atoms with E-state index >= 15 is 0 Å². The van der Waals surface area contributed by atoms with Crippen LogP contribution in [0.4, 0.5) is 22.7 Å². The minimum absolute atomic E-state index is 0. The van der Waals surface area contributed by atoms with Gasteiger partial charge in [0.15, 0.2) is 12.4 Å². The first kappa shape index (κ1) is 34.4. The standard InChI is InChI=1S/C48H39N4O.Pt/c1-32-13-10-14-33(2)47(32)34-15-11-16-36(27-34)51-31-52(51,45-22-9-8-21-44(45)51)37-17-12-18-38(29-37)53-39-23-24-41-40-19-6-7-20-42(40)50(43(41)30-39)46-28-35(25-26-49-46)48(3,4)5;/h6-28,31H,1-5H3;/q-1;/t51-,52?;/m0./s1. The predicted molar refractivity (Wildman–Crippen MR) is 216 cm³/mol. The maximum Gasteiger partial charge on any atom is 0.225 e. The zero-order valence-corrected chi connectivity index (χ0v) is 33.1. The van der Waals surface area contributed by atoms with E-state index in [-0.39, 0.29) is 26.5 Å². The van der Waals surface area contributed by atoms with Crippen LogP contribution in [0.2, 0.25) is 0 Å². The molecule has 4 heterocycles. The molecule has 6 aromatic carbocycles. The van der Waals surface area contributed by atoms with Gasteiger partial charge in [-0.05, 0) is 70.7 Å². The number of para-hydroxylation sites is 3. The third-order valence-corrected chi connectivity index (χ3v) is 11.1. The van der Waals surface area contributed by atoms with Gasteiger partial charge in [0.25, 0.3) is 0 Å². The fourth-order valence-corrected chi connectivity index (χ4v) is 8.56. The number of rotatable bonds is 6. The van der Waals surface area contributed by atoms with Crippen molar-refractivity contribution in [1.82, 2.24) is 18.7 Å². The first-order chi connectivity index (χ1) is 25.7. The van der Waals surface area contributed by atoms with Gasteiger partial charge in [0, 0.05) is 68.5 Å². The van der Waals surface area contributed by atoms with Crippen LogP contribution >= 0.6 is 0 Å². The summed E-state index contributed by atoms with van der Waals surface area (Å²) in [6.07, 6.45) is 1.90. The zero-order valence-electron chi connectivity index (χ0n) is 30.9. The number of pyridine rings is 1. The van der Waals surface area contributed by atoms with E-state index in [0.29, 0.717) is 20.7 Å². The molecule has 0 amide bonds. The van der Waals surface area contributed by atoms with Crippen molar-refractivity contribution in [1.29, 1.82) is 0 Å². The van der Waals surface area contributed by atoms with Gasteiger partial charge in [-0.15, -0.1) is 29.7 Å². The van der Waals surface area contributed by atoms with Crippen molar-refractivity contribution in [3.05, 3.63) is 175 Å². The van der Waals surface area contributed by atoms with E-state index in [1.165, 1.54) is 44.9 Å². The number of aromatic nitrogens is 2. The molecule has 0 bridgehead atoms. The van der Waals surface area contributed by atoms with Gasteiger partial charge < -0.3 is 9.30 Å². The number of hydrogen-bond acceptors (Lipinski definition) is 2. The van der Waals surface area contributed by atoms with Crippen LogP contribution in [-0.4, -0.2) is 9.55 Å². The van der Waals surface area contributed by atoms with Gasteiger partial charge in [-0.1, -0.05) is 93.0 Å². The maximum absolute atomic E-state index is 6.63. The Morgan fingerprint density at radius 1 is 0.667 bits per heavy atom. The molecule has 8 aromatic rings. The van der Waals surface area contributed by atoms with E-state index in [1.54, 1.807) is 0 Å². The van der Waals surface area contributed by atoms with Gasteiger partial charge in [-0.3, -0.25) is 0 Å². The molecule has 2 aromatic heterocycles. The molecule has 1 saturated heterocycles. The molecule has 0 N–H and O–H groups in total. The second-order valence-corrected chi connectivity index (χ2v) is 15.4. The fraction of sp³-hybridized carbons (Fsp3) is 0.125. The summed E-state index contributed by atoms with van der Waals surface area (Å²) in [7, 11) is 0. The number of nitrogens with zero attached hydrogens (tertiary/aromatic N) is 4. The summed E-state index contributed by atoms with van der Waals surface area (Å²) in [5.41, 5.74) is 13.1. The summed E-state index contributed by atoms with van der Waals surface area (Å²) in [5.74, 6) is 2.14. The monoisotopic (exact) mass is 882 g/mol. The quantitative estimate of drug-likeness (QED) is 0.0945. The van der Waals surface area contributed by atoms with Crippen LogP contribution in [0.5, 0.6) is 11.5 Å². The molecule has 2 aliphatic heterocycles. The summed E-state index contributed by atoms with van der Waals surface area (Å²) in [6, 6.07) is 54.7. The van der Waals surface area contributed by atoms with Crippen LogP contribution in [0.3, 0.4) is 0 Å². The van der Waals surface area contributed by atoms with Gasteiger partial charge >= 0.3 is 0 Å². The second-order valence-electron chi connectivity index (χ2n) is 15.4. The van der Waals surface area contributed by atoms with Gasteiger partial charge in [0.2, 0.25) is 11.4 Å². The van der Waals surface area contributed by atoms with Crippen molar-refractivity contribution in [2.45, 2.75) is 40.0 Å². The number of quaternary nitrogens is 2. The average molecular weight is 883 g/mol. The smallest absolute Gasteiger partial charge is 0.225 e. The molecule has 2 aliphatic rings. The van der Waals surface area contributed by atoms with Crippen molar-refractivity contribution in [3.63, 3.8) is 0 Å². The first-order valence-corrected chi connectivity index (χ1v) is 18.2. The van der Waals surface area contributed by atoms with Crippen LogP contribution < -0.4 is 13.9 Å². The first-order valence-electron chi connectivity index (χ1n) is 18.2. The molecule has 0 radical (unpaired) electrons. The predicted octanol–water partition coefficient (Wildman–Crippen LogP) is 12.5. The molecular formula is C48H39N4OPt-. The molecule has 10 rings (SSSR count). The molecule has 54 heavy (non-hydrogen) atoms. The van der Waals surface area contributed by atoms with Crippen LogP contribution in [0.25, 0.3) is 38.8 Å².